The van der Waals surface area contributed by atoms with Crippen LogP contribution in [0.25, 0.3) is 0 Å². The van der Waals surface area contributed by atoms with Crippen LogP contribution in [0.2, 0.25) is 0 Å². The van der Waals surface area contributed by atoms with Crippen LogP contribution in [0.1, 0.15) is 6.92 Å². The van der Waals surface area contributed by atoms with Gasteiger partial charge in [-0.05, 0) is 12.5 Å². The van der Waals surface area contributed by atoms with Gasteiger partial charge < -0.3 is 9.47 Å². The average molecular weight is 100 g/mol. The van der Waals surface area contributed by atoms with Crippen LogP contribution >= 0.6 is 0 Å². The SMILES string of the molecule is C=C(C)C1OCO1. The van der Waals surface area contributed by atoms with Gasteiger partial charge in [-0.1, -0.05) is 6.58 Å². The van der Waals surface area contributed by atoms with Crippen LogP contribution in [-0.4, -0.2) is 13.1 Å². The monoisotopic (exact) mass is 100 g/mol. The molecule has 1 heterocycles. The summed E-state index contributed by atoms with van der Waals surface area (Å²) in [7, 11) is 0. The predicted octanol–water partition coefficient (Wildman–Crippen LogP) is 0.893. The standard InChI is InChI=1S/C5H8O2/c1-4(2)5-6-3-7-5/h5H,1,3H2,2H3. The van der Waals surface area contributed by atoms with E-state index in [2.05, 4.69) is 6.58 Å². The quantitative estimate of drug-likeness (QED) is 0.455. The molecule has 0 aliphatic carbocycles. The van der Waals surface area contributed by atoms with Crippen molar-refractivity contribution in [1.82, 2.24) is 0 Å². The lowest BCUT2D eigenvalue weighted by Gasteiger charge is -2.26. The van der Waals surface area contributed by atoms with Gasteiger partial charge in [0.15, 0.2) is 13.1 Å². The molecule has 1 fully saturated rings. The second-order valence-electron chi connectivity index (χ2n) is 1.63. The van der Waals surface area contributed by atoms with Crippen molar-refractivity contribution in [1.29, 1.82) is 0 Å². The minimum absolute atomic E-state index is 0.111. The van der Waals surface area contributed by atoms with Gasteiger partial charge >= 0.3 is 0 Å². The Morgan fingerprint density at radius 3 is 2.29 bits per heavy atom. The summed E-state index contributed by atoms with van der Waals surface area (Å²) >= 11 is 0. The molecule has 0 N–H and O–H groups in total. The molecule has 1 aliphatic rings. The van der Waals surface area contributed by atoms with Gasteiger partial charge in [0.2, 0.25) is 0 Å². The van der Waals surface area contributed by atoms with E-state index in [1.54, 1.807) is 0 Å². The normalized spacial score (nSPS) is 21.3. The molecule has 40 valence electrons. The van der Waals surface area contributed by atoms with Crippen LogP contribution in [0.3, 0.4) is 0 Å². The van der Waals surface area contributed by atoms with E-state index in [0.717, 1.165) is 5.57 Å². The van der Waals surface area contributed by atoms with Crippen LogP contribution in [0.4, 0.5) is 0 Å². The maximum absolute atomic E-state index is 4.87. The Morgan fingerprint density at radius 1 is 1.71 bits per heavy atom. The average Bonchev–Trinajstić information content (AvgIpc) is 1.23. The first-order valence-corrected chi connectivity index (χ1v) is 2.19. The van der Waals surface area contributed by atoms with E-state index in [4.69, 9.17) is 9.47 Å². The first-order valence-electron chi connectivity index (χ1n) is 2.19. The van der Waals surface area contributed by atoms with E-state index in [1.807, 2.05) is 6.92 Å². The van der Waals surface area contributed by atoms with Crippen LogP contribution in [-0.2, 0) is 9.47 Å². The van der Waals surface area contributed by atoms with Crippen molar-refractivity contribution in [2.75, 3.05) is 6.79 Å². The summed E-state index contributed by atoms with van der Waals surface area (Å²) in [4.78, 5) is 0. The summed E-state index contributed by atoms with van der Waals surface area (Å²) in [5, 5.41) is 0. The van der Waals surface area contributed by atoms with Gasteiger partial charge in [-0.25, -0.2) is 0 Å². The third-order valence-corrected chi connectivity index (χ3v) is 0.841. The predicted molar refractivity (Wildman–Crippen MR) is 25.6 cm³/mol. The molecule has 0 unspecified atom stereocenters. The van der Waals surface area contributed by atoms with Gasteiger partial charge in [-0.2, -0.15) is 0 Å². The van der Waals surface area contributed by atoms with Crippen molar-refractivity contribution in [3.63, 3.8) is 0 Å². The van der Waals surface area contributed by atoms with Gasteiger partial charge in [0.25, 0.3) is 0 Å². The Labute approximate surface area is 42.7 Å². The maximum Gasteiger partial charge on any atom is 0.184 e. The molecule has 1 aliphatic heterocycles. The Kier molecular flexibility index (Phi) is 1.13. The Bertz CT molecular complexity index is 84.1. The zero-order valence-corrected chi connectivity index (χ0v) is 4.31. The second-order valence-corrected chi connectivity index (χ2v) is 1.63. The lowest BCUT2D eigenvalue weighted by atomic mass is 10.3. The van der Waals surface area contributed by atoms with E-state index >= 15 is 0 Å². The molecule has 0 aromatic carbocycles. The van der Waals surface area contributed by atoms with Crippen molar-refractivity contribution >= 4 is 0 Å². The van der Waals surface area contributed by atoms with Crippen molar-refractivity contribution in [2.24, 2.45) is 0 Å². The summed E-state index contributed by atoms with van der Waals surface area (Å²) in [6, 6.07) is 0. The molecule has 2 nitrogen and oxygen atoms in total. The summed E-state index contributed by atoms with van der Waals surface area (Å²) in [6.45, 7) is 5.93. The lowest BCUT2D eigenvalue weighted by molar-refractivity contribution is -0.301. The molecule has 1 rings (SSSR count). The van der Waals surface area contributed by atoms with Crippen LogP contribution in [0.15, 0.2) is 12.2 Å². The van der Waals surface area contributed by atoms with Crippen molar-refractivity contribution in [2.45, 2.75) is 13.2 Å². The Hall–Kier alpha value is -0.340. The first kappa shape index (κ1) is 4.81. The second kappa shape index (κ2) is 1.64. The fourth-order valence-electron chi connectivity index (χ4n) is 0.421. The molecule has 1 saturated heterocycles. The molecule has 7 heavy (non-hydrogen) atoms. The molecular weight excluding hydrogens is 92.1 g/mol. The smallest absolute Gasteiger partial charge is 0.184 e. The molecule has 0 bridgehead atoms. The van der Waals surface area contributed by atoms with E-state index < -0.39 is 0 Å². The zero-order chi connectivity index (χ0) is 5.28. The minimum atomic E-state index is -0.111. The Morgan fingerprint density at radius 2 is 2.29 bits per heavy atom. The van der Waals surface area contributed by atoms with Crippen molar-refractivity contribution in [3.05, 3.63) is 12.2 Å². The van der Waals surface area contributed by atoms with Crippen LogP contribution < -0.4 is 0 Å². The van der Waals surface area contributed by atoms with Crippen LogP contribution in [0.5, 0.6) is 0 Å². The summed E-state index contributed by atoms with van der Waals surface area (Å²) < 4.78 is 9.74. The highest BCUT2D eigenvalue weighted by Crippen LogP contribution is 2.13. The fourth-order valence-corrected chi connectivity index (χ4v) is 0.421. The van der Waals surface area contributed by atoms with E-state index in [9.17, 15) is 0 Å². The van der Waals surface area contributed by atoms with E-state index in [1.165, 1.54) is 0 Å². The molecule has 0 radical (unpaired) electrons. The third kappa shape index (κ3) is 0.813. The summed E-state index contributed by atoms with van der Waals surface area (Å²) in [6.07, 6.45) is -0.111. The minimum Gasteiger partial charge on any atom is -0.322 e. The highest BCUT2D eigenvalue weighted by Gasteiger charge is 2.17. The number of hydrogen-bond donors (Lipinski definition) is 0. The number of ether oxygens (including phenoxy) is 2. The summed E-state index contributed by atoms with van der Waals surface area (Å²) in [5.41, 5.74) is 0.936. The van der Waals surface area contributed by atoms with Gasteiger partial charge in [0.05, 0.1) is 0 Å². The molecule has 0 saturated carbocycles. The van der Waals surface area contributed by atoms with Crippen molar-refractivity contribution in [3.8, 4) is 0 Å². The molecule has 0 aromatic rings. The number of rotatable bonds is 1. The number of hydrogen-bond acceptors (Lipinski definition) is 2. The van der Waals surface area contributed by atoms with Gasteiger partial charge in [0, 0.05) is 0 Å². The zero-order valence-electron chi connectivity index (χ0n) is 4.31. The largest absolute Gasteiger partial charge is 0.322 e. The van der Waals surface area contributed by atoms with Crippen LogP contribution in [0, 0.1) is 0 Å². The first-order chi connectivity index (χ1) is 3.30. The summed E-state index contributed by atoms with van der Waals surface area (Å²) in [5.74, 6) is 0. The van der Waals surface area contributed by atoms with E-state index in [0.29, 0.717) is 6.79 Å². The fraction of sp³-hybridized carbons (Fsp3) is 0.600. The highest BCUT2D eigenvalue weighted by molar-refractivity contribution is 4.94. The Balaban J connectivity index is 2.27. The van der Waals surface area contributed by atoms with Gasteiger partial charge in [-0.15, -0.1) is 0 Å². The van der Waals surface area contributed by atoms with Crippen molar-refractivity contribution < 1.29 is 9.47 Å². The molecule has 0 amide bonds. The van der Waals surface area contributed by atoms with E-state index in [-0.39, 0.29) is 6.29 Å². The maximum atomic E-state index is 4.87. The molecule has 0 spiro atoms. The third-order valence-electron chi connectivity index (χ3n) is 0.841. The van der Waals surface area contributed by atoms with Gasteiger partial charge in [-0.3, -0.25) is 0 Å². The topological polar surface area (TPSA) is 18.5 Å². The molecule has 0 aromatic heterocycles. The molecular formula is C5H8O2. The lowest BCUT2D eigenvalue weighted by Crippen LogP contribution is -2.30. The molecule has 0 atom stereocenters. The highest BCUT2D eigenvalue weighted by atomic mass is 16.8. The van der Waals surface area contributed by atoms with Gasteiger partial charge in [0.1, 0.15) is 0 Å². The molecule has 2 heteroatoms.